The van der Waals surface area contributed by atoms with Crippen molar-refractivity contribution in [3.05, 3.63) is 0 Å². The highest BCUT2D eigenvalue weighted by Gasteiger charge is 1.94. The van der Waals surface area contributed by atoms with Gasteiger partial charge in [0.05, 0.1) is 9.13 Å². The van der Waals surface area contributed by atoms with Gasteiger partial charge in [0.15, 0.2) is 5.91 Å². The molecular weight excluding hydrogens is 120 g/mol. The summed E-state index contributed by atoms with van der Waals surface area (Å²) in [5, 5.41) is 0. The maximum absolute atomic E-state index is 4.92. The van der Waals surface area contributed by atoms with Crippen LogP contribution in [0.3, 0.4) is 0 Å². The molecule has 0 unspecified atom stereocenters. The maximum atomic E-state index is 4.92. The van der Waals surface area contributed by atoms with Crippen LogP contribution >= 0.6 is 0 Å². The third-order valence-corrected chi connectivity index (χ3v) is 2.06. The summed E-state index contributed by atoms with van der Waals surface area (Å²) in [4.78, 5) is 0. The first-order valence-electron chi connectivity index (χ1n) is 2.53. The molecule has 2 nitrogen and oxygen atoms in total. The summed E-state index contributed by atoms with van der Waals surface area (Å²) < 4.78 is 9.85. The Morgan fingerprint density at radius 2 is 1.88 bits per heavy atom. The molecule has 0 radical (unpaired) electrons. The molecule has 0 saturated carbocycles. The molecule has 0 rings (SSSR count). The molecule has 0 aromatic carbocycles. The molecule has 0 N–H and O–H groups in total. The van der Waals surface area contributed by atoms with Gasteiger partial charge < -0.3 is 9.47 Å². The Kier molecular flexibility index (Phi) is 5.15. The Morgan fingerprint density at radius 1 is 1.38 bits per heavy atom. The van der Waals surface area contributed by atoms with Gasteiger partial charge in [-0.1, -0.05) is 6.92 Å². The van der Waals surface area contributed by atoms with Crippen LogP contribution in [0.5, 0.6) is 0 Å². The van der Waals surface area contributed by atoms with Crippen LogP contribution < -0.4 is 0 Å². The second kappa shape index (κ2) is 5.15. The van der Waals surface area contributed by atoms with Crippen LogP contribution in [0, 0.1) is 0 Å². The van der Waals surface area contributed by atoms with Crippen molar-refractivity contribution < 1.29 is 9.47 Å². The van der Waals surface area contributed by atoms with E-state index in [0.717, 1.165) is 0 Å². The molecule has 0 amide bonds. The van der Waals surface area contributed by atoms with E-state index in [1.54, 1.807) is 14.2 Å². The fourth-order valence-corrected chi connectivity index (χ4v) is 1.04. The van der Waals surface area contributed by atoms with Crippen LogP contribution in [0.15, 0.2) is 0 Å². The Hall–Kier alpha value is 0.00688. The van der Waals surface area contributed by atoms with E-state index in [1.165, 1.54) is 0 Å². The average molecular weight is 132 g/mol. The van der Waals surface area contributed by atoms with Gasteiger partial charge in [0.1, 0.15) is 0 Å². The Balaban J connectivity index is 3.36. The summed E-state index contributed by atoms with van der Waals surface area (Å²) in [6.07, 6.45) is 0. The lowest BCUT2D eigenvalue weighted by Crippen LogP contribution is -2.16. The van der Waals surface area contributed by atoms with Gasteiger partial charge in [-0.3, -0.25) is 0 Å². The zero-order valence-corrected chi connectivity index (χ0v) is 6.70. The number of ether oxygens (including phenoxy) is 2. The summed E-state index contributed by atoms with van der Waals surface area (Å²) in [5.74, 6) is 0.0278. The molecule has 0 atom stereocenters. The molecule has 0 aromatic heterocycles. The molecule has 48 valence electrons. The van der Waals surface area contributed by atoms with Crippen molar-refractivity contribution >= 4 is 14.8 Å². The molecule has 0 spiro atoms. The molecule has 8 heavy (non-hydrogen) atoms. The molecule has 0 bridgehead atoms. The number of rotatable bonds is 3. The van der Waals surface area contributed by atoms with Gasteiger partial charge >= 0.3 is 0 Å². The minimum Gasteiger partial charge on any atom is -0.357 e. The zero-order valence-electron chi connectivity index (χ0n) is 5.55. The van der Waals surface area contributed by atoms with Gasteiger partial charge in [0.25, 0.3) is 0 Å². The largest absolute Gasteiger partial charge is 0.357 e. The van der Waals surface area contributed by atoms with Gasteiger partial charge in [-0.25, -0.2) is 0 Å². The van der Waals surface area contributed by atoms with Crippen LogP contribution in [0.25, 0.3) is 0 Å². The van der Waals surface area contributed by atoms with Gasteiger partial charge in [-0.15, -0.1) is 5.67 Å². The Morgan fingerprint density at radius 3 is 2.00 bits per heavy atom. The minimum absolute atomic E-state index is 0.0278. The third kappa shape index (κ3) is 3.07. The summed E-state index contributed by atoms with van der Waals surface area (Å²) in [7, 11) is 3.52. The van der Waals surface area contributed by atoms with E-state index in [4.69, 9.17) is 9.47 Å². The lowest BCUT2D eigenvalue weighted by Gasteiger charge is -2.05. The third-order valence-electron chi connectivity index (χ3n) is 0.814. The molecule has 0 fully saturated rings. The van der Waals surface area contributed by atoms with Gasteiger partial charge in [0.2, 0.25) is 0 Å². The number of hydrogen-bond acceptors (Lipinski definition) is 2. The average Bonchev–Trinajstić information content (AvgIpc) is 1.83. The maximum Gasteiger partial charge on any atom is 0.152 e. The Labute approximate surface area is 52.2 Å². The van der Waals surface area contributed by atoms with Crippen molar-refractivity contribution in [2.24, 2.45) is 0 Å². The quantitative estimate of drug-likeness (QED) is 0.392. The van der Waals surface area contributed by atoms with Crippen molar-refractivity contribution in [3.63, 3.8) is 0 Å². The fraction of sp³-hybridized carbons (Fsp3) is 0.800. The van der Waals surface area contributed by atoms with E-state index < -0.39 is 0 Å². The number of hydrogen-bond donors (Lipinski definition) is 0. The molecular formula is C5H12O2Si. The summed E-state index contributed by atoms with van der Waals surface area (Å²) in [6.45, 7) is 2.01. The fourth-order valence-electron chi connectivity index (χ4n) is 0.410. The van der Waals surface area contributed by atoms with Crippen molar-refractivity contribution in [1.29, 1.82) is 0 Å². The smallest absolute Gasteiger partial charge is 0.152 e. The molecule has 0 aliphatic heterocycles. The van der Waals surface area contributed by atoms with Crippen molar-refractivity contribution in [3.8, 4) is 0 Å². The second-order valence-corrected chi connectivity index (χ2v) is 2.96. The van der Waals surface area contributed by atoms with Crippen molar-refractivity contribution in [2.75, 3.05) is 14.2 Å². The van der Waals surface area contributed by atoms with Crippen molar-refractivity contribution in [2.45, 2.75) is 12.8 Å². The van der Waals surface area contributed by atoms with Crippen LogP contribution in [0.1, 0.15) is 6.92 Å². The van der Waals surface area contributed by atoms with Crippen molar-refractivity contribution in [1.82, 2.24) is 0 Å². The van der Waals surface area contributed by atoms with Gasteiger partial charge in [-0.2, -0.15) is 0 Å². The highest BCUT2D eigenvalue weighted by Crippen LogP contribution is 1.80. The predicted octanol–water partition coefficient (Wildman–Crippen LogP) is -0.179. The van der Waals surface area contributed by atoms with Crippen LogP contribution in [0.4, 0.5) is 0 Å². The van der Waals surface area contributed by atoms with E-state index in [9.17, 15) is 0 Å². The second-order valence-electron chi connectivity index (χ2n) is 1.37. The summed E-state index contributed by atoms with van der Waals surface area (Å²) >= 11 is 0. The van der Waals surface area contributed by atoms with E-state index in [0.29, 0.717) is 0 Å². The first-order chi connectivity index (χ1) is 3.85. The van der Waals surface area contributed by atoms with Gasteiger partial charge in [0, 0.05) is 14.2 Å². The van der Waals surface area contributed by atoms with Crippen LogP contribution in [0.2, 0.25) is 0 Å². The normalized spacial score (nSPS) is 11.5. The molecule has 3 heteroatoms. The summed E-state index contributed by atoms with van der Waals surface area (Å²) in [5.41, 5.74) is 2.09. The van der Waals surface area contributed by atoms with Crippen LogP contribution in [-0.2, 0) is 9.47 Å². The molecule has 0 saturated heterocycles. The first-order valence-corrected chi connectivity index (χ1v) is 3.87. The summed E-state index contributed by atoms with van der Waals surface area (Å²) in [6, 6.07) is 0. The standard InChI is InChI=1S/C5H12O2Si/c1-4-8-5(6-2)7-3/h4-5,8H,1-3H3. The predicted molar refractivity (Wildman–Crippen MR) is 36.7 cm³/mol. The topological polar surface area (TPSA) is 18.5 Å². The number of methoxy groups -OCH3 is 2. The van der Waals surface area contributed by atoms with Crippen LogP contribution in [-0.4, -0.2) is 34.9 Å². The van der Waals surface area contributed by atoms with E-state index >= 15 is 0 Å². The molecule has 0 aromatic rings. The lowest BCUT2D eigenvalue weighted by atomic mass is 11.0. The lowest BCUT2D eigenvalue weighted by molar-refractivity contribution is -0.0418. The highest BCUT2D eigenvalue weighted by molar-refractivity contribution is 6.47. The zero-order chi connectivity index (χ0) is 6.41. The van der Waals surface area contributed by atoms with E-state index in [-0.39, 0.29) is 15.0 Å². The van der Waals surface area contributed by atoms with E-state index in [1.807, 2.05) is 6.92 Å². The molecule has 0 aliphatic carbocycles. The SMILES string of the molecule is CC=[SiH]C(OC)OC. The van der Waals surface area contributed by atoms with Gasteiger partial charge in [-0.05, 0) is 0 Å². The monoisotopic (exact) mass is 132 g/mol. The van der Waals surface area contributed by atoms with E-state index in [2.05, 4.69) is 5.67 Å². The minimum atomic E-state index is 0.0278. The first kappa shape index (κ1) is 8.01. The Bertz CT molecular complexity index is 68.8. The molecule has 0 aliphatic rings. The molecule has 0 heterocycles. The highest BCUT2D eigenvalue weighted by atomic mass is 28.2.